The SMILES string of the molecule is CCN(Cc1cncc(-c2cc(C(=O)OC)ccn2)c1)C(=O)OC(C)(C)C. The molecule has 7 nitrogen and oxygen atoms in total. The Labute approximate surface area is 159 Å². The Morgan fingerprint density at radius 3 is 2.56 bits per heavy atom. The molecule has 0 aliphatic rings. The lowest BCUT2D eigenvalue weighted by Crippen LogP contribution is -2.36. The Kier molecular flexibility index (Phi) is 6.50. The van der Waals surface area contributed by atoms with E-state index in [4.69, 9.17) is 9.47 Å². The number of aromatic nitrogens is 2. The number of ether oxygens (including phenoxy) is 2. The molecule has 2 aromatic rings. The molecule has 0 aliphatic heterocycles. The van der Waals surface area contributed by atoms with Gasteiger partial charge in [0.2, 0.25) is 0 Å². The molecule has 27 heavy (non-hydrogen) atoms. The number of pyridine rings is 2. The zero-order chi connectivity index (χ0) is 20.0. The second-order valence-electron chi connectivity index (χ2n) is 7.00. The van der Waals surface area contributed by atoms with E-state index in [0.717, 1.165) is 11.1 Å². The van der Waals surface area contributed by atoms with Gasteiger partial charge in [0.15, 0.2) is 0 Å². The molecule has 0 unspecified atom stereocenters. The van der Waals surface area contributed by atoms with Gasteiger partial charge in [0, 0.05) is 30.7 Å². The predicted molar refractivity (Wildman–Crippen MR) is 101 cm³/mol. The molecule has 0 saturated heterocycles. The van der Waals surface area contributed by atoms with E-state index in [1.54, 1.807) is 35.6 Å². The third-order valence-corrected chi connectivity index (χ3v) is 3.68. The largest absolute Gasteiger partial charge is 0.465 e. The molecule has 0 bridgehead atoms. The van der Waals surface area contributed by atoms with Crippen LogP contribution in [0.5, 0.6) is 0 Å². The maximum Gasteiger partial charge on any atom is 0.410 e. The molecule has 0 fully saturated rings. The summed E-state index contributed by atoms with van der Waals surface area (Å²) >= 11 is 0. The molecule has 0 N–H and O–H groups in total. The number of methoxy groups -OCH3 is 1. The molecule has 0 spiro atoms. The Balaban J connectivity index is 2.22. The van der Waals surface area contributed by atoms with Gasteiger partial charge < -0.3 is 14.4 Å². The number of esters is 1. The Bertz CT molecular complexity index is 815. The van der Waals surface area contributed by atoms with E-state index < -0.39 is 11.6 Å². The van der Waals surface area contributed by atoms with Gasteiger partial charge in [-0.05, 0) is 51.5 Å². The molecule has 2 aromatic heterocycles. The highest BCUT2D eigenvalue weighted by Crippen LogP contribution is 2.20. The van der Waals surface area contributed by atoms with Gasteiger partial charge in [0.25, 0.3) is 0 Å². The van der Waals surface area contributed by atoms with Gasteiger partial charge in [0.1, 0.15) is 5.60 Å². The molecule has 2 rings (SSSR count). The van der Waals surface area contributed by atoms with Gasteiger partial charge in [0.05, 0.1) is 24.9 Å². The van der Waals surface area contributed by atoms with Crippen LogP contribution in [0.2, 0.25) is 0 Å². The second-order valence-corrected chi connectivity index (χ2v) is 7.00. The summed E-state index contributed by atoms with van der Waals surface area (Å²) in [5, 5.41) is 0. The van der Waals surface area contributed by atoms with Crippen LogP contribution in [0.1, 0.15) is 43.6 Å². The predicted octanol–water partition coefficient (Wildman–Crippen LogP) is 3.69. The summed E-state index contributed by atoms with van der Waals surface area (Å²) in [5.41, 5.74) is 2.05. The average Bonchev–Trinajstić information content (AvgIpc) is 2.64. The van der Waals surface area contributed by atoms with Gasteiger partial charge in [-0.25, -0.2) is 9.59 Å². The lowest BCUT2D eigenvalue weighted by atomic mass is 10.1. The Morgan fingerprint density at radius 2 is 1.93 bits per heavy atom. The van der Waals surface area contributed by atoms with Crippen molar-refractivity contribution >= 4 is 12.1 Å². The molecule has 2 heterocycles. The van der Waals surface area contributed by atoms with E-state index >= 15 is 0 Å². The summed E-state index contributed by atoms with van der Waals surface area (Å²) in [7, 11) is 1.33. The van der Waals surface area contributed by atoms with E-state index in [1.807, 2.05) is 33.8 Å². The minimum absolute atomic E-state index is 0.364. The van der Waals surface area contributed by atoms with E-state index in [2.05, 4.69) is 9.97 Å². The molecule has 0 atom stereocenters. The minimum Gasteiger partial charge on any atom is -0.465 e. The summed E-state index contributed by atoms with van der Waals surface area (Å²) < 4.78 is 10.2. The highest BCUT2D eigenvalue weighted by molar-refractivity contribution is 5.90. The molecule has 0 aromatic carbocycles. The van der Waals surface area contributed by atoms with Crippen LogP contribution in [0.15, 0.2) is 36.8 Å². The van der Waals surface area contributed by atoms with Crippen molar-refractivity contribution < 1.29 is 19.1 Å². The van der Waals surface area contributed by atoms with Gasteiger partial charge in [-0.3, -0.25) is 9.97 Å². The third kappa shape index (κ3) is 5.77. The quantitative estimate of drug-likeness (QED) is 0.746. The van der Waals surface area contributed by atoms with Gasteiger partial charge >= 0.3 is 12.1 Å². The Morgan fingerprint density at radius 1 is 1.19 bits per heavy atom. The topological polar surface area (TPSA) is 81.6 Å². The van der Waals surface area contributed by atoms with Crippen LogP contribution >= 0.6 is 0 Å². The van der Waals surface area contributed by atoms with Crippen molar-refractivity contribution in [2.75, 3.05) is 13.7 Å². The van der Waals surface area contributed by atoms with Crippen LogP contribution in [-0.4, -0.2) is 46.2 Å². The standard InChI is InChI=1S/C20H25N3O4/c1-6-23(19(25)27-20(2,3)4)13-14-9-16(12-21-11-14)17-10-15(7-8-22-17)18(24)26-5/h7-12H,6,13H2,1-5H3. The van der Waals surface area contributed by atoms with Crippen LogP contribution in [0.25, 0.3) is 11.3 Å². The van der Waals surface area contributed by atoms with Crippen LogP contribution in [-0.2, 0) is 16.0 Å². The number of rotatable bonds is 5. The van der Waals surface area contributed by atoms with E-state index in [-0.39, 0.29) is 6.09 Å². The molecule has 0 saturated carbocycles. The van der Waals surface area contributed by atoms with Crippen molar-refractivity contribution in [3.8, 4) is 11.3 Å². The highest BCUT2D eigenvalue weighted by Gasteiger charge is 2.21. The molecular formula is C20H25N3O4. The first-order valence-corrected chi connectivity index (χ1v) is 8.70. The van der Waals surface area contributed by atoms with Crippen molar-refractivity contribution in [3.63, 3.8) is 0 Å². The van der Waals surface area contributed by atoms with Crippen molar-refractivity contribution in [3.05, 3.63) is 47.9 Å². The first-order valence-electron chi connectivity index (χ1n) is 8.70. The number of hydrogen-bond donors (Lipinski definition) is 0. The Hall–Kier alpha value is -2.96. The fraction of sp³-hybridized carbons (Fsp3) is 0.400. The monoisotopic (exact) mass is 371 g/mol. The number of nitrogens with zero attached hydrogens (tertiary/aromatic N) is 3. The average molecular weight is 371 g/mol. The number of carbonyl (C=O) groups is 2. The van der Waals surface area contributed by atoms with Gasteiger partial charge in [-0.2, -0.15) is 0 Å². The van der Waals surface area contributed by atoms with Crippen molar-refractivity contribution in [1.82, 2.24) is 14.9 Å². The van der Waals surface area contributed by atoms with Crippen LogP contribution in [0.3, 0.4) is 0 Å². The highest BCUT2D eigenvalue weighted by atomic mass is 16.6. The minimum atomic E-state index is -0.553. The van der Waals surface area contributed by atoms with Crippen molar-refractivity contribution in [2.24, 2.45) is 0 Å². The molecule has 7 heteroatoms. The maximum absolute atomic E-state index is 12.3. The molecule has 1 amide bonds. The van der Waals surface area contributed by atoms with Crippen LogP contribution < -0.4 is 0 Å². The summed E-state index contributed by atoms with van der Waals surface area (Å²) in [4.78, 5) is 34.2. The zero-order valence-electron chi connectivity index (χ0n) is 16.4. The van der Waals surface area contributed by atoms with Crippen LogP contribution in [0, 0.1) is 0 Å². The maximum atomic E-state index is 12.3. The number of hydrogen-bond acceptors (Lipinski definition) is 6. The fourth-order valence-electron chi connectivity index (χ4n) is 2.40. The normalized spacial score (nSPS) is 11.0. The molecular weight excluding hydrogens is 346 g/mol. The van der Waals surface area contributed by atoms with E-state index in [1.165, 1.54) is 7.11 Å². The van der Waals surface area contributed by atoms with Gasteiger partial charge in [-0.15, -0.1) is 0 Å². The number of amides is 1. The van der Waals surface area contributed by atoms with E-state index in [0.29, 0.717) is 24.3 Å². The van der Waals surface area contributed by atoms with Gasteiger partial charge in [-0.1, -0.05) is 0 Å². The summed E-state index contributed by atoms with van der Waals surface area (Å²) in [6, 6.07) is 5.13. The fourth-order valence-corrected chi connectivity index (χ4v) is 2.40. The first kappa shape index (κ1) is 20.4. The third-order valence-electron chi connectivity index (χ3n) is 3.68. The summed E-state index contributed by atoms with van der Waals surface area (Å²) in [5.74, 6) is -0.426. The molecule has 0 aliphatic carbocycles. The number of carbonyl (C=O) groups excluding carboxylic acids is 2. The lowest BCUT2D eigenvalue weighted by molar-refractivity contribution is 0.0244. The molecule has 0 radical (unpaired) electrons. The zero-order valence-corrected chi connectivity index (χ0v) is 16.4. The smallest absolute Gasteiger partial charge is 0.410 e. The summed E-state index contributed by atoms with van der Waals surface area (Å²) in [6.45, 7) is 8.27. The second kappa shape index (κ2) is 8.62. The van der Waals surface area contributed by atoms with Crippen LogP contribution in [0.4, 0.5) is 4.79 Å². The lowest BCUT2D eigenvalue weighted by Gasteiger charge is -2.26. The van der Waals surface area contributed by atoms with Crippen molar-refractivity contribution in [2.45, 2.75) is 39.8 Å². The van der Waals surface area contributed by atoms with E-state index in [9.17, 15) is 9.59 Å². The molecule has 144 valence electrons. The summed E-state index contributed by atoms with van der Waals surface area (Å²) in [6.07, 6.45) is 4.53. The van der Waals surface area contributed by atoms with Crippen molar-refractivity contribution in [1.29, 1.82) is 0 Å². The first-order chi connectivity index (χ1) is 12.7.